The zero-order valence-corrected chi connectivity index (χ0v) is 20.6. The molecule has 8 heteroatoms. The average Bonchev–Trinajstić information content (AvgIpc) is 2.72. The highest BCUT2D eigenvalue weighted by Gasteiger charge is 2.23. The van der Waals surface area contributed by atoms with Crippen molar-refractivity contribution in [3.8, 4) is 5.88 Å². The molecule has 2 N–H and O–H groups in total. The third-order valence-corrected chi connectivity index (χ3v) is 5.27. The number of nitrogens with one attached hydrogen (secondary N) is 2. The summed E-state index contributed by atoms with van der Waals surface area (Å²) in [4.78, 5) is 29.2. The fourth-order valence-electron chi connectivity index (χ4n) is 3.35. The van der Waals surface area contributed by atoms with Gasteiger partial charge in [0.15, 0.2) is 0 Å². The first-order valence-corrected chi connectivity index (χ1v) is 11.6. The number of carbonyl (C=O) groups is 2. The van der Waals surface area contributed by atoms with Crippen LogP contribution in [0.15, 0.2) is 36.5 Å². The van der Waals surface area contributed by atoms with E-state index in [2.05, 4.69) is 36.4 Å². The zero-order valence-electron chi connectivity index (χ0n) is 20.6. The second-order valence-electron chi connectivity index (χ2n) is 9.70. The summed E-state index contributed by atoms with van der Waals surface area (Å²) in [5.74, 6) is -2.56. The number of nitrogens with zero attached hydrogens (tertiary/aromatic N) is 1. The molecule has 1 aromatic heterocycles. The fourth-order valence-corrected chi connectivity index (χ4v) is 3.35. The van der Waals surface area contributed by atoms with Crippen molar-refractivity contribution in [1.29, 1.82) is 0 Å². The minimum Gasteiger partial charge on any atom is -0.406 e. The van der Waals surface area contributed by atoms with Gasteiger partial charge in [0.2, 0.25) is 11.8 Å². The first kappa shape index (κ1) is 27.4. The molecule has 34 heavy (non-hydrogen) atoms. The van der Waals surface area contributed by atoms with Gasteiger partial charge in [0, 0.05) is 24.4 Å². The van der Waals surface area contributed by atoms with Crippen LogP contribution in [0.5, 0.6) is 5.88 Å². The van der Waals surface area contributed by atoms with E-state index in [1.165, 1.54) is 0 Å². The summed E-state index contributed by atoms with van der Waals surface area (Å²) in [6, 6.07) is 5.57. The first-order valence-electron chi connectivity index (χ1n) is 11.6. The fraction of sp³-hybridized carbons (Fsp3) is 0.500. The van der Waals surface area contributed by atoms with Crippen LogP contribution in [-0.4, -0.2) is 29.4 Å². The van der Waals surface area contributed by atoms with Gasteiger partial charge in [-0.05, 0) is 55.0 Å². The largest absolute Gasteiger partial charge is 0.406 e. The van der Waals surface area contributed by atoms with Gasteiger partial charge in [0.05, 0.1) is 6.42 Å². The van der Waals surface area contributed by atoms with Gasteiger partial charge in [-0.15, -0.1) is 0 Å². The number of esters is 1. The molecular weight excluding hydrogens is 440 g/mol. The number of hydrogen-bond donors (Lipinski definition) is 2. The van der Waals surface area contributed by atoms with Crippen molar-refractivity contribution in [3.05, 3.63) is 59.3 Å². The van der Waals surface area contributed by atoms with Crippen LogP contribution in [0.25, 0.3) is 0 Å². The minimum absolute atomic E-state index is 0.0967. The molecule has 0 fully saturated rings. The van der Waals surface area contributed by atoms with Crippen LogP contribution < -0.4 is 15.4 Å². The summed E-state index contributed by atoms with van der Waals surface area (Å²) < 4.78 is 32.1. The van der Waals surface area contributed by atoms with Gasteiger partial charge in [0.1, 0.15) is 17.7 Å². The Hall–Kier alpha value is -2.87. The standard InChI is InChI=1S/C26H35F2N3O3/c1-6-7-22(31-23(32)14-18-12-20(27)15-21(28)13-18)25(33)34-24-9-8-19(16-30-24)17(2)29-11-10-26(3,4)5/h8-9,12-13,15-17,22,29H,6-7,10-11,14H2,1-5H3,(H,31,32). The lowest BCUT2D eigenvalue weighted by molar-refractivity contribution is -0.139. The molecule has 0 bridgehead atoms. The predicted molar refractivity (Wildman–Crippen MR) is 127 cm³/mol. The number of rotatable bonds is 11. The second-order valence-corrected chi connectivity index (χ2v) is 9.70. The predicted octanol–water partition coefficient (Wildman–Crippen LogP) is 4.88. The van der Waals surface area contributed by atoms with E-state index >= 15 is 0 Å². The Morgan fingerprint density at radius 3 is 2.35 bits per heavy atom. The number of benzene rings is 1. The first-order chi connectivity index (χ1) is 16.0. The van der Waals surface area contributed by atoms with Crippen LogP contribution in [0, 0.1) is 17.0 Å². The maximum Gasteiger partial charge on any atom is 0.335 e. The number of carbonyl (C=O) groups excluding carboxylic acids is 2. The van der Waals surface area contributed by atoms with Crippen molar-refractivity contribution in [2.75, 3.05) is 6.54 Å². The van der Waals surface area contributed by atoms with E-state index in [0.717, 1.165) is 36.7 Å². The molecule has 0 aliphatic heterocycles. The molecule has 0 spiro atoms. The van der Waals surface area contributed by atoms with Crippen LogP contribution in [-0.2, 0) is 16.0 Å². The molecule has 2 atom stereocenters. The maximum atomic E-state index is 13.4. The van der Waals surface area contributed by atoms with E-state index in [1.807, 2.05) is 19.9 Å². The minimum atomic E-state index is -0.893. The van der Waals surface area contributed by atoms with Crippen molar-refractivity contribution in [2.24, 2.45) is 5.41 Å². The Morgan fingerprint density at radius 2 is 1.79 bits per heavy atom. The van der Waals surface area contributed by atoms with Crippen molar-refractivity contribution < 1.29 is 23.1 Å². The van der Waals surface area contributed by atoms with E-state index in [4.69, 9.17) is 4.74 Å². The average molecular weight is 476 g/mol. The molecule has 0 radical (unpaired) electrons. The SMILES string of the molecule is CCCC(NC(=O)Cc1cc(F)cc(F)c1)C(=O)Oc1ccc(C(C)NCCC(C)(C)C)cn1. The molecule has 1 aromatic carbocycles. The Morgan fingerprint density at radius 1 is 1.12 bits per heavy atom. The van der Waals surface area contributed by atoms with Gasteiger partial charge in [-0.3, -0.25) is 4.79 Å². The quantitative estimate of drug-likeness (QED) is 0.453. The zero-order chi connectivity index (χ0) is 25.3. The number of halogens is 2. The molecule has 186 valence electrons. The van der Waals surface area contributed by atoms with E-state index in [-0.39, 0.29) is 29.3 Å². The van der Waals surface area contributed by atoms with Crippen LogP contribution in [0.1, 0.15) is 71.0 Å². The van der Waals surface area contributed by atoms with Gasteiger partial charge in [-0.25, -0.2) is 18.6 Å². The van der Waals surface area contributed by atoms with Crippen LogP contribution in [0.4, 0.5) is 8.78 Å². The number of ether oxygens (including phenoxy) is 1. The lowest BCUT2D eigenvalue weighted by atomic mass is 9.92. The molecule has 1 amide bonds. The molecule has 2 rings (SSSR count). The molecule has 0 saturated carbocycles. The van der Waals surface area contributed by atoms with Crippen molar-refractivity contribution >= 4 is 11.9 Å². The van der Waals surface area contributed by atoms with Crippen molar-refractivity contribution in [2.45, 2.75) is 72.4 Å². The third kappa shape index (κ3) is 9.55. The van der Waals surface area contributed by atoms with Gasteiger partial charge in [-0.1, -0.05) is 40.2 Å². The molecule has 0 saturated heterocycles. The number of aromatic nitrogens is 1. The van der Waals surface area contributed by atoms with E-state index in [1.54, 1.807) is 12.3 Å². The van der Waals surface area contributed by atoms with Crippen molar-refractivity contribution in [1.82, 2.24) is 15.6 Å². The van der Waals surface area contributed by atoms with Gasteiger partial charge in [-0.2, -0.15) is 0 Å². The summed E-state index contributed by atoms with van der Waals surface area (Å²) in [7, 11) is 0. The van der Waals surface area contributed by atoms with Crippen molar-refractivity contribution in [3.63, 3.8) is 0 Å². The molecule has 6 nitrogen and oxygen atoms in total. The van der Waals surface area contributed by atoms with Crippen LogP contribution in [0.3, 0.4) is 0 Å². The van der Waals surface area contributed by atoms with E-state index in [9.17, 15) is 18.4 Å². The van der Waals surface area contributed by atoms with Gasteiger partial charge >= 0.3 is 5.97 Å². The summed E-state index contributed by atoms with van der Waals surface area (Å²) in [5, 5.41) is 6.05. The lowest BCUT2D eigenvalue weighted by Gasteiger charge is -2.21. The summed E-state index contributed by atoms with van der Waals surface area (Å²) in [5.41, 5.74) is 1.40. The normalized spacial score (nSPS) is 13.3. The highest BCUT2D eigenvalue weighted by atomic mass is 19.1. The second kappa shape index (κ2) is 12.6. The number of pyridine rings is 1. The lowest BCUT2D eigenvalue weighted by Crippen LogP contribution is -2.43. The number of amides is 1. The molecule has 2 aromatic rings. The Kier molecular flexibility index (Phi) is 10.1. The molecule has 0 aliphatic rings. The molecular formula is C26H35F2N3O3. The van der Waals surface area contributed by atoms with E-state index in [0.29, 0.717) is 12.8 Å². The maximum absolute atomic E-state index is 13.4. The summed E-state index contributed by atoms with van der Waals surface area (Å²) >= 11 is 0. The molecule has 0 aliphatic carbocycles. The molecule has 1 heterocycles. The van der Waals surface area contributed by atoms with E-state index < -0.39 is 29.6 Å². The number of hydrogen-bond acceptors (Lipinski definition) is 5. The Balaban J connectivity index is 1.93. The van der Waals surface area contributed by atoms with Crippen LogP contribution >= 0.6 is 0 Å². The highest BCUT2D eigenvalue weighted by molar-refractivity contribution is 5.86. The third-order valence-electron chi connectivity index (χ3n) is 5.27. The highest BCUT2D eigenvalue weighted by Crippen LogP contribution is 2.19. The van der Waals surface area contributed by atoms with Crippen LogP contribution in [0.2, 0.25) is 0 Å². The van der Waals surface area contributed by atoms with Gasteiger partial charge < -0.3 is 15.4 Å². The monoisotopic (exact) mass is 475 g/mol. The Labute approximate surface area is 200 Å². The molecule has 2 unspecified atom stereocenters. The summed E-state index contributed by atoms with van der Waals surface area (Å²) in [6.45, 7) is 11.4. The Bertz CT molecular complexity index is 939. The summed E-state index contributed by atoms with van der Waals surface area (Å²) in [6.07, 6.45) is 3.42. The topological polar surface area (TPSA) is 80.3 Å². The van der Waals surface area contributed by atoms with Gasteiger partial charge in [0.25, 0.3) is 0 Å². The smallest absolute Gasteiger partial charge is 0.335 e.